The molecule has 0 aliphatic carbocycles. The summed E-state index contributed by atoms with van der Waals surface area (Å²) in [5.41, 5.74) is 2.05. The van der Waals surface area contributed by atoms with E-state index in [1.807, 2.05) is 25.1 Å². The summed E-state index contributed by atoms with van der Waals surface area (Å²) in [6, 6.07) is 5.98. The smallest absolute Gasteiger partial charge is 0.330 e. The number of benzene rings is 1. The molecule has 0 aliphatic heterocycles. The zero-order valence-electron chi connectivity index (χ0n) is 14.8. The molecule has 22 heavy (non-hydrogen) atoms. The minimum absolute atomic E-state index is 0.169. The van der Waals surface area contributed by atoms with Gasteiger partial charge in [0.1, 0.15) is 5.75 Å². The second-order valence-corrected chi connectivity index (χ2v) is 11.7. The van der Waals surface area contributed by atoms with Crippen LogP contribution in [0.2, 0.25) is 18.1 Å². The van der Waals surface area contributed by atoms with Gasteiger partial charge in [-0.1, -0.05) is 26.8 Å². The first kappa shape index (κ1) is 18.5. The second-order valence-electron chi connectivity index (χ2n) is 6.97. The van der Waals surface area contributed by atoms with Crippen LogP contribution in [0.4, 0.5) is 0 Å². The first-order valence-corrected chi connectivity index (χ1v) is 10.6. The summed E-state index contributed by atoms with van der Waals surface area (Å²) < 4.78 is 11.2. The molecule has 1 aromatic rings. The lowest BCUT2D eigenvalue weighted by molar-refractivity contribution is -0.137. The average Bonchev–Trinajstić information content (AvgIpc) is 2.38. The first-order valence-electron chi connectivity index (χ1n) is 7.71. The van der Waals surface area contributed by atoms with Crippen molar-refractivity contribution in [3.63, 3.8) is 0 Å². The Morgan fingerprint density at radius 1 is 1.27 bits per heavy atom. The standard InChI is InChI=1S/C18H28O3Si/c1-8-20-17(19)12-10-15-9-11-16(14(2)13-15)21-22(6,7)18(3,4)5/h9-13H,8H2,1-7H3. The molecule has 0 saturated carbocycles. The minimum Gasteiger partial charge on any atom is -0.543 e. The maximum atomic E-state index is 11.3. The van der Waals surface area contributed by atoms with Gasteiger partial charge in [0.15, 0.2) is 0 Å². The van der Waals surface area contributed by atoms with Crippen molar-refractivity contribution >= 4 is 20.4 Å². The Labute approximate surface area is 135 Å². The van der Waals surface area contributed by atoms with Gasteiger partial charge >= 0.3 is 5.97 Å². The minimum atomic E-state index is -1.83. The van der Waals surface area contributed by atoms with E-state index in [4.69, 9.17) is 9.16 Å². The van der Waals surface area contributed by atoms with E-state index < -0.39 is 8.32 Å². The number of aryl methyl sites for hydroxylation is 1. The number of hydrogen-bond donors (Lipinski definition) is 0. The van der Waals surface area contributed by atoms with Gasteiger partial charge in [-0.15, -0.1) is 0 Å². The highest BCUT2D eigenvalue weighted by atomic mass is 28.4. The van der Waals surface area contributed by atoms with Crippen LogP contribution in [0.3, 0.4) is 0 Å². The van der Waals surface area contributed by atoms with Crippen molar-refractivity contribution in [2.75, 3.05) is 6.61 Å². The lowest BCUT2D eigenvalue weighted by atomic mass is 10.1. The van der Waals surface area contributed by atoms with Gasteiger partial charge in [-0.3, -0.25) is 0 Å². The Morgan fingerprint density at radius 2 is 1.91 bits per heavy atom. The third-order valence-corrected chi connectivity index (χ3v) is 8.41. The molecule has 0 bridgehead atoms. The summed E-state index contributed by atoms with van der Waals surface area (Å²) in [5.74, 6) is 0.613. The van der Waals surface area contributed by atoms with Crippen molar-refractivity contribution in [2.24, 2.45) is 0 Å². The largest absolute Gasteiger partial charge is 0.543 e. The molecule has 4 heteroatoms. The number of rotatable bonds is 5. The number of ether oxygens (including phenoxy) is 1. The maximum absolute atomic E-state index is 11.3. The molecule has 0 aliphatic rings. The van der Waals surface area contributed by atoms with E-state index in [1.54, 1.807) is 13.0 Å². The maximum Gasteiger partial charge on any atom is 0.330 e. The Morgan fingerprint density at radius 3 is 2.41 bits per heavy atom. The molecule has 0 spiro atoms. The summed E-state index contributed by atoms with van der Waals surface area (Å²) in [6.45, 7) is 15.4. The number of hydrogen-bond acceptors (Lipinski definition) is 3. The van der Waals surface area contributed by atoms with Crippen LogP contribution < -0.4 is 4.43 Å². The number of carbonyl (C=O) groups excluding carboxylic acids is 1. The molecule has 1 rings (SSSR count). The third-order valence-electron chi connectivity index (χ3n) is 4.07. The van der Waals surface area contributed by atoms with E-state index in [1.165, 1.54) is 6.08 Å². The molecule has 0 N–H and O–H groups in total. The van der Waals surface area contributed by atoms with Crippen molar-refractivity contribution < 1.29 is 14.0 Å². The highest BCUT2D eigenvalue weighted by Crippen LogP contribution is 2.38. The number of esters is 1. The van der Waals surface area contributed by atoms with Crippen molar-refractivity contribution in [3.8, 4) is 5.75 Å². The topological polar surface area (TPSA) is 35.5 Å². The van der Waals surface area contributed by atoms with E-state index >= 15 is 0 Å². The van der Waals surface area contributed by atoms with Crippen molar-refractivity contribution in [1.82, 2.24) is 0 Å². The van der Waals surface area contributed by atoms with E-state index in [0.29, 0.717) is 6.61 Å². The van der Waals surface area contributed by atoms with Crippen molar-refractivity contribution in [2.45, 2.75) is 52.8 Å². The lowest BCUT2D eigenvalue weighted by Crippen LogP contribution is -2.44. The molecule has 0 aromatic heterocycles. The summed E-state index contributed by atoms with van der Waals surface area (Å²) in [5, 5.41) is 0.169. The van der Waals surface area contributed by atoms with Gasteiger partial charge in [-0.25, -0.2) is 4.79 Å². The zero-order chi connectivity index (χ0) is 17.0. The SMILES string of the molecule is CCOC(=O)C=Cc1ccc(O[Si](C)(C)C(C)(C)C)c(C)c1. The zero-order valence-corrected chi connectivity index (χ0v) is 15.8. The normalized spacial score (nSPS) is 12.5. The van der Waals surface area contributed by atoms with Crippen LogP contribution in [0.5, 0.6) is 5.75 Å². The van der Waals surface area contributed by atoms with Crippen LogP contribution in [0.25, 0.3) is 6.08 Å². The fourth-order valence-electron chi connectivity index (χ4n) is 1.67. The van der Waals surface area contributed by atoms with E-state index in [-0.39, 0.29) is 11.0 Å². The summed E-state index contributed by atoms with van der Waals surface area (Å²) in [6.07, 6.45) is 3.22. The molecule has 0 radical (unpaired) electrons. The van der Waals surface area contributed by atoms with Crippen molar-refractivity contribution in [3.05, 3.63) is 35.4 Å². The lowest BCUT2D eigenvalue weighted by Gasteiger charge is -2.37. The average molecular weight is 321 g/mol. The molecule has 1 aromatic carbocycles. The molecule has 0 atom stereocenters. The van der Waals surface area contributed by atoms with Crippen LogP contribution >= 0.6 is 0 Å². The summed E-state index contributed by atoms with van der Waals surface area (Å²) >= 11 is 0. The van der Waals surface area contributed by atoms with E-state index in [9.17, 15) is 4.79 Å². The van der Waals surface area contributed by atoms with Gasteiger partial charge in [0.05, 0.1) is 6.61 Å². The van der Waals surface area contributed by atoms with Crippen LogP contribution in [0.1, 0.15) is 38.8 Å². The Bertz CT molecular complexity index is 554. The summed E-state index contributed by atoms with van der Waals surface area (Å²) in [7, 11) is -1.83. The van der Waals surface area contributed by atoms with Gasteiger partial charge in [0.25, 0.3) is 0 Å². The Kier molecular flexibility index (Phi) is 6.00. The Balaban J connectivity index is 2.89. The highest BCUT2D eigenvalue weighted by molar-refractivity contribution is 6.74. The van der Waals surface area contributed by atoms with Crippen molar-refractivity contribution in [1.29, 1.82) is 0 Å². The van der Waals surface area contributed by atoms with Crippen LogP contribution in [0.15, 0.2) is 24.3 Å². The molecule has 0 unspecified atom stereocenters. The quantitative estimate of drug-likeness (QED) is 0.437. The fraction of sp³-hybridized carbons (Fsp3) is 0.500. The molecule has 0 amide bonds. The van der Waals surface area contributed by atoms with Gasteiger partial charge in [0.2, 0.25) is 8.32 Å². The van der Waals surface area contributed by atoms with Crippen LogP contribution in [0, 0.1) is 6.92 Å². The molecule has 0 heterocycles. The molecule has 0 saturated heterocycles. The second kappa shape index (κ2) is 7.14. The molecule has 122 valence electrons. The Hall–Kier alpha value is -1.55. The highest BCUT2D eigenvalue weighted by Gasteiger charge is 2.39. The fourth-order valence-corrected chi connectivity index (χ4v) is 2.76. The molecular formula is C18H28O3Si. The predicted molar refractivity (Wildman–Crippen MR) is 94.7 cm³/mol. The van der Waals surface area contributed by atoms with Gasteiger partial charge in [-0.2, -0.15) is 0 Å². The molecule has 3 nitrogen and oxygen atoms in total. The molecule has 0 fully saturated rings. The van der Waals surface area contributed by atoms with Crippen LogP contribution in [-0.4, -0.2) is 20.9 Å². The van der Waals surface area contributed by atoms with Gasteiger partial charge < -0.3 is 9.16 Å². The van der Waals surface area contributed by atoms with Gasteiger partial charge in [0, 0.05) is 6.08 Å². The molecular weight excluding hydrogens is 292 g/mol. The van der Waals surface area contributed by atoms with Gasteiger partial charge in [-0.05, 0) is 61.3 Å². The first-order chi connectivity index (χ1) is 10.1. The monoisotopic (exact) mass is 320 g/mol. The predicted octanol–water partition coefficient (Wildman–Crippen LogP) is 4.96. The summed E-state index contributed by atoms with van der Waals surface area (Å²) in [4.78, 5) is 11.3. The van der Waals surface area contributed by atoms with E-state index in [0.717, 1.165) is 16.9 Å². The number of carbonyl (C=O) groups is 1. The third kappa shape index (κ3) is 5.02. The van der Waals surface area contributed by atoms with Crippen LogP contribution in [-0.2, 0) is 9.53 Å². The van der Waals surface area contributed by atoms with E-state index in [2.05, 4.69) is 33.9 Å².